The number of imidazole rings is 1. The molecule has 0 saturated carbocycles. The van der Waals surface area contributed by atoms with Crippen molar-refractivity contribution in [2.24, 2.45) is 0 Å². The molecule has 2 saturated heterocycles. The standard InChI is InChI=1S/C10H16N7O12P3/c11-8-5-9(13-2-12-8)17(3-14-5)10-7(19)6(18)4(29(10)15-10)1-27-32(25,26)28-31(23,24)16-30(20,21)22/h2-4,6-7,15,18-19H,1H2,(H6-,11,12,13,16,20,21,22,23,24,25,26)/p+1/t4-,6-,7-,10+/m1/s1. The maximum absolute atomic E-state index is 11.9. The number of nitrogens with zero attached hydrogens (tertiary/aromatic N) is 4. The SMILES string of the molecule is Nc1ncnc2c1ncn2[C@]12N[O+]1[C@H](COP(=O)(O)OP(=O)(O)NP(=O)(O)O)[C@@H](O)[C@H]2O. The smallest absolute Gasteiger partial charge is 0.382 e. The Morgan fingerprint density at radius 2 is 1.91 bits per heavy atom. The van der Waals surface area contributed by atoms with Gasteiger partial charge in [0.1, 0.15) is 19.3 Å². The largest absolute Gasteiger partial charge is 0.480 e. The summed E-state index contributed by atoms with van der Waals surface area (Å²) in [4.78, 5) is 48.9. The number of hydroxylamine groups is 1. The van der Waals surface area contributed by atoms with E-state index in [1.807, 2.05) is 0 Å². The fourth-order valence-electron chi connectivity index (χ4n) is 3.28. The van der Waals surface area contributed by atoms with Crippen LogP contribution in [0.1, 0.15) is 0 Å². The predicted octanol–water partition coefficient (Wildman–Crippen LogP) is -2.89. The lowest BCUT2D eigenvalue weighted by Crippen LogP contribution is -2.44. The summed E-state index contributed by atoms with van der Waals surface area (Å²) in [6.07, 6.45) is -2.01. The predicted molar refractivity (Wildman–Crippen MR) is 99.6 cm³/mol. The first kappa shape index (κ1) is 23.7. The number of aromatic nitrogens is 4. The number of fused-ring (bicyclic) bond motifs is 2. The molecule has 2 aliphatic heterocycles. The number of hydrogen-bond donors (Lipinski definition) is 9. The Morgan fingerprint density at radius 1 is 1.22 bits per heavy atom. The van der Waals surface area contributed by atoms with Gasteiger partial charge in [0.05, 0.1) is 0 Å². The van der Waals surface area contributed by atoms with Gasteiger partial charge in [0, 0.05) is 5.48 Å². The zero-order chi connectivity index (χ0) is 23.7. The van der Waals surface area contributed by atoms with E-state index in [-0.39, 0.29) is 17.0 Å². The van der Waals surface area contributed by atoms with E-state index in [1.54, 1.807) is 0 Å². The molecule has 32 heavy (non-hydrogen) atoms. The lowest BCUT2D eigenvalue weighted by Gasteiger charge is -2.18. The van der Waals surface area contributed by atoms with Gasteiger partial charge in [0.15, 0.2) is 23.1 Å². The molecule has 0 radical (unpaired) electrons. The van der Waals surface area contributed by atoms with Crippen LogP contribution in [-0.4, -0.2) is 74.2 Å². The van der Waals surface area contributed by atoms with Crippen LogP contribution in [0.2, 0.25) is 0 Å². The van der Waals surface area contributed by atoms with Crippen molar-refractivity contribution in [1.29, 1.82) is 0 Å². The number of aliphatic hydroxyl groups is 2. The number of nitrogen functional groups attached to an aromatic ring is 1. The highest BCUT2D eigenvalue weighted by molar-refractivity contribution is 7.70. The Hall–Kier alpha value is -1.40. The Labute approximate surface area is 176 Å². The first-order valence-corrected chi connectivity index (χ1v) is 13.0. The van der Waals surface area contributed by atoms with Crippen LogP contribution < -0.4 is 16.1 Å². The molecule has 2 fully saturated rings. The number of aliphatic hydroxyl groups excluding tert-OH is 2. The van der Waals surface area contributed by atoms with Crippen LogP contribution in [0.15, 0.2) is 12.7 Å². The van der Waals surface area contributed by atoms with E-state index in [9.17, 15) is 33.7 Å². The Bertz CT molecular complexity index is 1200. The maximum atomic E-state index is 11.9. The van der Waals surface area contributed by atoms with Gasteiger partial charge in [-0.05, 0) is 0 Å². The summed E-state index contributed by atoms with van der Waals surface area (Å²) in [6.45, 7) is -0.856. The molecule has 22 heteroatoms. The molecule has 2 aromatic heterocycles. The van der Waals surface area contributed by atoms with E-state index in [4.69, 9.17) is 15.5 Å². The van der Waals surface area contributed by atoms with Gasteiger partial charge < -0.3 is 35.5 Å². The van der Waals surface area contributed by atoms with Crippen molar-refractivity contribution in [2.45, 2.75) is 24.2 Å². The van der Waals surface area contributed by atoms with Gasteiger partial charge in [-0.2, -0.15) is 4.31 Å². The summed E-state index contributed by atoms with van der Waals surface area (Å²) in [5, 5.41) is 21.0. The van der Waals surface area contributed by atoms with Crippen LogP contribution in [0.4, 0.5) is 5.82 Å². The van der Waals surface area contributed by atoms with Gasteiger partial charge in [0.2, 0.25) is 12.2 Å². The Balaban J connectivity index is 1.50. The van der Waals surface area contributed by atoms with Crippen LogP contribution in [-0.2, 0) is 32.8 Å². The molecule has 0 amide bonds. The molecular formula is C10H17N7O12P3+. The number of rotatable bonds is 8. The fourth-order valence-corrected chi connectivity index (χ4v) is 6.72. The summed E-state index contributed by atoms with van der Waals surface area (Å²) >= 11 is 0. The molecule has 0 aliphatic carbocycles. The molecular weight excluding hydrogens is 503 g/mol. The van der Waals surface area contributed by atoms with Gasteiger partial charge in [-0.25, -0.2) is 33.2 Å². The van der Waals surface area contributed by atoms with Crippen LogP contribution in [0.5, 0.6) is 0 Å². The minimum absolute atomic E-state index is 0.0611. The van der Waals surface area contributed by atoms with E-state index in [0.717, 1.165) is 11.2 Å². The number of hydrogen-bond acceptors (Lipinski definition) is 12. The molecule has 2 unspecified atom stereocenters. The first-order chi connectivity index (χ1) is 14.7. The molecule has 6 atom stereocenters. The van der Waals surface area contributed by atoms with E-state index in [0.29, 0.717) is 0 Å². The summed E-state index contributed by atoms with van der Waals surface area (Å²) in [5.41, 5.74) is 8.82. The van der Waals surface area contributed by atoms with Crippen molar-refractivity contribution in [3.8, 4) is 0 Å². The van der Waals surface area contributed by atoms with Crippen molar-refractivity contribution in [2.75, 3.05) is 12.3 Å². The third-order valence-corrected chi connectivity index (χ3v) is 8.79. The number of nitrogens with two attached hydrogens (primary N) is 1. The zero-order valence-electron chi connectivity index (χ0n) is 15.4. The van der Waals surface area contributed by atoms with Crippen molar-refractivity contribution >= 4 is 40.3 Å². The fraction of sp³-hybridized carbons (Fsp3) is 0.500. The van der Waals surface area contributed by atoms with E-state index >= 15 is 0 Å². The number of nitrogens with one attached hydrogen (secondary N) is 2. The highest BCUT2D eigenvalue weighted by atomic mass is 31.3. The first-order valence-electron chi connectivity index (χ1n) is 8.34. The second kappa shape index (κ2) is 7.56. The van der Waals surface area contributed by atoms with Gasteiger partial charge in [-0.1, -0.05) is 0 Å². The van der Waals surface area contributed by atoms with Gasteiger partial charge >= 0.3 is 29.2 Å². The zero-order valence-corrected chi connectivity index (χ0v) is 18.1. The monoisotopic (exact) mass is 520 g/mol. The summed E-state index contributed by atoms with van der Waals surface area (Å²) in [6, 6.07) is 0. The third-order valence-electron chi connectivity index (χ3n) is 4.55. The molecule has 4 heterocycles. The van der Waals surface area contributed by atoms with E-state index in [1.165, 1.54) is 10.9 Å². The Morgan fingerprint density at radius 3 is 2.56 bits per heavy atom. The minimum Gasteiger partial charge on any atom is -0.382 e. The van der Waals surface area contributed by atoms with Gasteiger partial charge in [0.25, 0.3) is 0 Å². The van der Waals surface area contributed by atoms with Crippen molar-refractivity contribution in [3.05, 3.63) is 12.7 Å². The average Bonchev–Trinajstić information content (AvgIpc) is 3.12. The molecule has 19 nitrogen and oxygen atoms in total. The van der Waals surface area contributed by atoms with Crippen LogP contribution in [0.3, 0.4) is 0 Å². The third kappa shape index (κ3) is 4.13. The van der Waals surface area contributed by atoms with E-state index in [2.05, 4.69) is 33.7 Å². The summed E-state index contributed by atoms with van der Waals surface area (Å²) in [5.74, 6) is -1.48. The van der Waals surface area contributed by atoms with Crippen LogP contribution in [0.25, 0.3) is 11.2 Å². The average molecular weight is 520 g/mol. The molecule has 4 rings (SSSR count). The minimum atomic E-state index is -5.45. The molecule has 0 aromatic carbocycles. The van der Waals surface area contributed by atoms with E-state index < -0.39 is 54.1 Å². The second-order valence-electron chi connectivity index (χ2n) is 6.67. The lowest BCUT2D eigenvalue weighted by molar-refractivity contribution is -0.111. The number of phosphoric acid groups is 1. The van der Waals surface area contributed by atoms with Crippen LogP contribution >= 0.6 is 23.3 Å². The van der Waals surface area contributed by atoms with Crippen molar-refractivity contribution in [1.82, 2.24) is 29.9 Å². The van der Waals surface area contributed by atoms with Gasteiger partial charge in [-0.3, -0.25) is 8.99 Å². The van der Waals surface area contributed by atoms with Crippen LogP contribution in [0, 0.1) is 0 Å². The number of phosphoric ester groups is 1. The molecule has 10 N–H and O–H groups in total. The molecule has 2 aromatic rings. The topological polar surface area (TPSA) is 297 Å². The van der Waals surface area contributed by atoms with Gasteiger partial charge in [-0.15, -0.1) is 4.86 Å². The molecule has 0 spiro atoms. The highest BCUT2D eigenvalue weighted by Gasteiger charge is 2.83. The summed E-state index contributed by atoms with van der Waals surface area (Å²) in [7, 11) is -16.1. The van der Waals surface area contributed by atoms with Crippen molar-refractivity contribution in [3.63, 3.8) is 0 Å². The molecule has 0 bridgehead atoms. The van der Waals surface area contributed by atoms with Crippen molar-refractivity contribution < 1.29 is 56.8 Å². The summed E-state index contributed by atoms with van der Waals surface area (Å²) < 4.78 is 46.3. The molecule has 2 aliphatic rings. The Kier molecular flexibility index (Phi) is 5.61. The quantitative estimate of drug-likeness (QED) is 0.0958. The maximum Gasteiger partial charge on any atom is 0.480 e. The highest BCUT2D eigenvalue weighted by Crippen LogP contribution is 2.62. The second-order valence-corrected chi connectivity index (χ2v) is 11.4. The lowest BCUT2D eigenvalue weighted by atomic mass is 10.1. The number of anilines is 1. The normalized spacial score (nSPS) is 31.9. The molecule has 178 valence electrons.